The van der Waals surface area contributed by atoms with E-state index in [0.717, 1.165) is 0 Å². The van der Waals surface area contributed by atoms with E-state index in [1.807, 2.05) is 0 Å². The summed E-state index contributed by atoms with van der Waals surface area (Å²) < 4.78 is 97.4. The highest BCUT2D eigenvalue weighted by atomic mass is 19.4. The van der Waals surface area contributed by atoms with Crippen molar-refractivity contribution in [3.63, 3.8) is 0 Å². The number of halogens is 6. The molecular weight excluding hydrogens is 318 g/mol. The highest BCUT2D eigenvalue weighted by Crippen LogP contribution is 2.33. The van der Waals surface area contributed by atoms with Gasteiger partial charge in [0.1, 0.15) is 0 Å². The maximum atomic E-state index is 11.9. The molecule has 2 rings (SSSR count). The average molecular weight is 328 g/mol. The van der Waals surface area contributed by atoms with E-state index in [1.54, 1.807) is 0 Å². The predicted octanol–water partition coefficient (Wildman–Crippen LogP) is 1.71. The van der Waals surface area contributed by atoms with Gasteiger partial charge in [-0.15, -0.1) is 26.3 Å². The predicted molar refractivity (Wildman–Crippen MR) is 48.1 cm³/mol. The van der Waals surface area contributed by atoms with Crippen LogP contribution in [0.5, 0.6) is 0 Å². The Morgan fingerprint density at radius 3 is 1.19 bits per heavy atom. The Labute approximate surface area is 113 Å². The summed E-state index contributed by atoms with van der Waals surface area (Å²) in [4.78, 5) is 0. The SMILES string of the molecule is FC(F)(F)OC1OCC2(CO1)COC(OC(F)(F)F)OC2. The summed E-state index contributed by atoms with van der Waals surface area (Å²) in [5.74, 6) is 0. The van der Waals surface area contributed by atoms with Crippen molar-refractivity contribution in [3.05, 3.63) is 0 Å². The number of hydrogen-bond donors (Lipinski definition) is 0. The Balaban J connectivity index is 1.78. The first kappa shape index (κ1) is 16.7. The van der Waals surface area contributed by atoms with E-state index in [2.05, 4.69) is 9.47 Å². The van der Waals surface area contributed by atoms with Gasteiger partial charge >= 0.3 is 12.7 Å². The molecule has 0 bridgehead atoms. The maximum absolute atomic E-state index is 11.9. The van der Waals surface area contributed by atoms with Gasteiger partial charge in [0.2, 0.25) is 0 Å². The van der Waals surface area contributed by atoms with Gasteiger partial charge in [-0.05, 0) is 0 Å². The van der Waals surface area contributed by atoms with Gasteiger partial charge in [-0.25, -0.2) is 9.47 Å². The average Bonchev–Trinajstić information content (AvgIpc) is 2.32. The van der Waals surface area contributed by atoms with Crippen LogP contribution in [-0.4, -0.2) is 52.1 Å². The van der Waals surface area contributed by atoms with Gasteiger partial charge in [0, 0.05) is 0 Å². The third-order valence-electron chi connectivity index (χ3n) is 2.56. The Morgan fingerprint density at radius 1 is 0.667 bits per heavy atom. The van der Waals surface area contributed by atoms with Crippen LogP contribution in [0.2, 0.25) is 0 Å². The standard InChI is InChI=1S/C9H10F6O6/c10-8(11,12)20-5-16-1-7(2-17-5)3-18-6(19-4-7)21-9(13,14)15/h5-6H,1-4H2. The van der Waals surface area contributed by atoms with Crippen LogP contribution in [0.4, 0.5) is 26.3 Å². The topological polar surface area (TPSA) is 55.4 Å². The molecule has 2 fully saturated rings. The van der Waals surface area contributed by atoms with E-state index in [0.29, 0.717) is 0 Å². The zero-order chi connectivity index (χ0) is 15.7. The third kappa shape index (κ3) is 5.23. The van der Waals surface area contributed by atoms with Gasteiger partial charge in [0.05, 0.1) is 31.8 Å². The van der Waals surface area contributed by atoms with E-state index >= 15 is 0 Å². The zero-order valence-electron chi connectivity index (χ0n) is 10.2. The van der Waals surface area contributed by atoms with Gasteiger partial charge < -0.3 is 18.9 Å². The van der Waals surface area contributed by atoms with Crippen molar-refractivity contribution in [1.82, 2.24) is 0 Å². The van der Waals surface area contributed by atoms with Crippen molar-refractivity contribution in [2.24, 2.45) is 5.41 Å². The van der Waals surface area contributed by atoms with E-state index in [1.165, 1.54) is 0 Å². The van der Waals surface area contributed by atoms with Gasteiger partial charge in [0.15, 0.2) is 0 Å². The first-order valence-electron chi connectivity index (χ1n) is 5.53. The first-order chi connectivity index (χ1) is 9.57. The van der Waals surface area contributed by atoms with E-state index in [9.17, 15) is 26.3 Å². The van der Waals surface area contributed by atoms with Crippen molar-refractivity contribution in [3.8, 4) is 0 Å². The van der Waals surface area contributed by atoms with Gasteiger partial charge in [0.25, 0.3) is 13.0 Å². The van der Waals surface area contributed by atoms with Crippen LogP contribution in [0.3, 0.4) is 0 Å². The minimum atomic E-state index is -4.93. The van der Waals surface area contributed by atoms with Crippen LogP contribution >= 0.6 is 0 Å². The minimum Gasteiger partial charge on any atom is -0.329 e. The molecule has 21 heavy (non-hydrogen) atoms. The molecule has 124 valence electrons. The third-order valence-corrected chi connectivity index (χ3v) is 2.56. The number of rotatable bonds is 2. The summed E-state index contributed by atoms with van der Waals surface area (Å²) in [5.41, 5.74) is -1.02. The molecule has 0 aromatic heterocycles. The molecule has 2 heterocycles. The number of alkyl halides is 6. The summed E-state index contributed by atoms with van der Waals surface area (Å²) in [6, 6.07) is 0. The Morgan fingerprint density at radius 2 is 0.952 bits per heavy atom. The van der Waals surface area contributed by atoms with E-state index in [-0.39, 0.29) is 26.4 Å². The number of hydrogen-bond acceptors (Lipinski definition) is 6. The first-order valence-corrected chi connectivity index (χ1v) is 5.53. The monoisotopic (exact) mass is 328 g/mol. The van der Waals surface area contributed by atoms with Crippen molar-refractivity contribution in [2.45, 2.75) is 25.7 Å². The Kier molecular flexibility index (Phi) is 4.66. The normalized spacial score (nSPS) is 35.1. The lowest BCUT2D eigenvalue weighted by Gasteiger charge is -2.42. The molecule has 0 atom stereocenters. The molecule has 0 radical (unpaired) electrons. The van der Waals surface area contributed by atoms with Crippen LogP contribution in [0.25, 0.3) is 0 Å². The highest BCUT2D eigenvalue weighted by molar-refractivity contribution is 4.82. The summed E-state index contributed by atoms with van der Waals surface area (Å²) in [7, 11) is 0. The maximum Gasteiger partial charge on any atom is 0.526 e. The van der Waals surface area contributed by atoms with Crippen LogP contribution < -0.4 is 0 Å². The molecule has 0 amide bonds. The molecule has 1 spiro atoms. The molecule has 6 nitrogen and oxygen atoms in total. The highest BCUT2D eigenvalue weighted by Gasteiger charge is 2.47. The molecule has 2 aliphatic heterocycles. The fourth-order valence-electron chi connectivity index (χ4n) is 1.68. The lowest BCUT2D eigenvalue weighted by molar-refractivity contribution is -0.474. The van der Waals surface area contributed by atoms with E-state index in [4.69, 9.17) is 18.9 Å². The zero-order valence-corrected chi connectivity index (χ0v) is 10.2. The van der Waals surface area contributed by atoms with Crippen LogP contribution in [0, 0.1) is 5.41 Å². The second-order valence-electron chi connectivity index (χ2n) is 4.45. The minimum absolute atomic E-state index is 0.299. The summed E-state index contributed by atoms with van der Waals surface area (Å²) >= 11 is 0. The molecule has 0 aliphatic carbocycles. The van der Waals surface area contributed by atoms with Crippen molar-refractivity contribution in [2.75, 3.05) is 26.4 Å². The summed E-state index contributed by atoms with van der Waals surface area (Å²) in [6.07, 6.45) is -9.86. The second-order valence-corrected chi connectivity index (χ2v) is 4.45. The second kappa shape index (κ2) is 5.85. The molecule has 0 saturated carbocycles. The van der Waals surface area contributed by atoms with Gasteiger partial charge in [-0.2, -0.15) is 0 Å². The van der Waals surface area contributed by atoms with Crippen LogP contribution in [-0.2, 0) is 28.4 Å². The molecule has 0 aromatic rings. The molecule has 0 unspecified atom stereocenters. The Hall–Kier alpha value is -0.660. The number of ether oxygens (including phenoxy) is 6. The molecule has 2 saturated heterocycles. The smallest absolute Gasteiger partial charge is 0.329 e. The molecular formula is C9H10F6O6. The lowest BCUT2D eigenvalue weighted by Crippen LogP contribution is -2.54. The van der Waals surface area contributed by atoms with Crippen molar-refractivity contribution < 1.29 is 54.8 Å². The lowest BCUT2D eigenvalue weighted by atomic mass is 9.91. The Bertz CT molecular complexity index is 304. The molecule has 0 N–H and O–H groups in total. The van der Waals surface area contributed by atoms with Crippen LogP contribution in [0.15, 0.2) is 0 Å². The fourth-order valence-corrected chi connectivity index (χ4v) is 1.68. The van der Waals surface area contributed by atoms with Gasteiger partial charge in [-0.1, -0.05) is 0 Å². The summed E-state index contributed by atoms with van der Waals surface area (Å²) in [5, 5.41) is 0. The van der Waals surface area contributed by atoms with Gasteiger partial charge in [-0.3, -0.25) is 0 Å². The molecule has 0 aromatic carbocycles. The van der Waals surface area contributed by atoms with Crippen molar-refractivity contribution >= 4 is 0 Å². The van der Waals surface area contributed by atoms with Crippen LogP contribution in [0.1, 0.15) is 0 Å². The summed E-state index contributed by atoms with van der Waals surface area (Å²) in [6.45, 7) is -5.06. The molecule has 2 aliphatic rings. The quantitative estimate of drug-likeness (QED) is 0.720. The molecule has 12 heteroatoms. The fraction of sp³-hybridized carbons (Fsp3) is 1.00. The van der Waals surface area contributed by atoms with Crippen molar-refractivity contribution in [1.29, 1.82) is 0 Å². The van der Waals surface area contributed by atoms with E-state index < -0.39 is 31.1 Å². The largest absolute Gasteiger partial charge is 0.526 e.